The van der Waals surface area contributed by atoms with E-state index >= 15 is 0 Å². The summed E-state index contributed by atoms with van der Waals surface area (Å²) in [4.78, 5) is 9.97. The third kappa shape index (κ3) is 3.66. The fraction of sp³-hybridized carbons (Fsp3) is 0.143. The second-order valence-electron chi connectivity index (χ2n) is 4.23. The number of ether oxygens (including phenoxy) is 1. The van der Waals surface area contributed by atoms with Gasteiger partial charge in [0.15, 0.2) is 17.4 Å². The summed E-state index contributed by atoms with van der Waals surface area (Å²) in [6.45, 7) is -0.105. The quantitative estimate of drug-likeness (QED) is 0.472. The molecule has 0 heterocycles. The molecule has 0 aromatic heterocycles. The highest BCUT2D eigenvalue weighted by Crippen LogP contribution is 2.25. The van der Waals surface area contributed by atoms with E-state index in [9.17, 15) is 18.9 Å². The van der Waals surface area contributed by atoms with Crippen LogP contribution in [0.25, 0.3) is 0 Å². The molecule has 2 aromatic rings. The molecule has 0 spiro atoms. The minimum absolute atomic E-state index is 0.00350. The normalized spacial score (nSPS) is 10.4. The molecule has 21 heavy (non-hydrogen) atoms. The fourth-order valence-corrected chi connectivity index (χ4v) is 1.85. The third-order valence-electron chi connectivity index (χ3n) is 2.74. The van der Waals surface area contributed by atoms with Crippen LogP contribution in [0.15, 0.2) is 36.4 Å². The molecule has 0 aliphatic rings. The first-order valence-corrected chi connectivity index (χ1v) is 6.44. The van der Waals surface area contributed by atoms with Gasteiger partial charge in [0.2, 0.25) is 0 Å². The molecule has 4 nitrogen and oxygen atoms in total. The molecule has 2 rings (SSSR count). The summed E-state index contributed by atoms with van der Waals surface area (Å²) < 4.78 is 32.4. The number of non-ortho nitro benzene ring substituents is 1. The average molecular weight is 314 g/mol. The van der Waals surface area contributed by atoms with E-state index in [2.05, 4.69) is 0 Å². The molecule has 0 bridgehead atoms. The second kappa shape index (κ2) is 6.49. The molecule has 0 atom stereocenters. The number of hydrogen-bond acceptors (Lipinski definition) is 3. The summed E-state index contributed by atoms with van der Waals surface area (Å²) in [5.41, 5.74) is 0.803. The molecular formula is C14H10ClF2NO3. The molecule has 0 amide bonds. The largest absolute Gasteiger partial charge is 0.483 e. The maximum absolute atomic E-state index is 13.7. The minimum Gasteiger partial charge on any atom is -0.483 e. The Morgan fingerprint density at radius 2 is 1.67 bits per heavy atom. The first-order chi connectivity index (χ1) is 10.0. The Balaban J connectivity index is 2.11. The molecule has 7 heteroatoms. The summed E-state index contributed by atoms with van der Waals surface area (Å²) in [5.74, 6) is -2.18. The summed E-state index contributed by atoms with van der Waals surface area (Å²) >= 11 is 5.51. The van der Waals surface area contributed by atoms with Crippen LogP contribution in [0.4, 0.5) is 14.5 Å². The zero-order chi connectivity index (χ0) is 15.4. The lowest BCUT2D eigenvalue weighted by atomic mass is 10.2. The molecule has 2 aromatic carbocycles. The average Bonchev–Trinajstić information content (AvgIpc) is 2.46. The van der Waals surface area contributed by atoms with Gasteiger partial charge in [-0.2, -0.15) is 0 Å². The number of hydrogen-bond donors (Lipinski definition) is 0. The topological polar surface area (TPSA) is 52.4 Å². The highest BCUT2D eigenvalue weighted by Gasteiger charge is 2.13. The lowest BCUT2D eigenvalue weighted by molar-refractivity contribution is -0.384. The van der Waals surface area contributed by atoms with Crippen molar-refractivity contribution in [3.8, 4) is 5.75 Å². The fourth-order valence-electron chi connectivity index (χ4n) is 1.70. The van der Waals surface area contributed by atoms with E-state index in [4.69, 9.17) is 16.3 Å². The maximum atomic E-state index is 13.7. The Labute approximate surface area is 124 Å². The van der Waals surface area contributed by atoms with E-state index in [-0.39, 0.29) is 18.2 Å². The van der Waals surface area contributed by atoms with E-state index in [0.29, 0.717) is 11.1 Å². The predicted octanol–water partition coefficient (Wildman–Crippen LogP) is 4.19. The highest BCUT2D eigenvalue weighted by atomic mass is 35.5. The van der Waals surface area contributed by atoms with Gasteiger partial charge in [-0.1, -0.05) is 0 Å². The summed E-state index contributed by atoms with van der Waals surface area (Å²) in [6.07, 6.45) is 0. The molecule has 110 valence electrons. The number of alkyl halides is 1. The van der Waals surface area contributed by atoms with Crippen LogP contribution in [0, 0.1) is 21.7 Å². The van der Waals surface area contributed by atoms with E-state index in [1.54, 1.807) is 0 Å². The summed E-state index contributed by atoms with van der Waals surface area (Å²) in [6, 6.07) is 7.70. The molecule has 0 N–H and O–H groups in total. The number of rotatable bonds is 5. The van der Waals surface area contributed by atoms with Crippen LogP contribution in [0.3, 0.4) is 0 Å². The van der Waals surface area contributed by atoms with E-state index in [1.807, 2.05) is 0 Å². The van der Waals surface area contributed by atoms with Crippen molar-refractivity contribution in [3.63, 3.8) is 0 Å². The van der Waals surface area contributed by atoms with Crippen molar-refractivity contribution >= 4 is 17.3 Å². The van der Waals surface area contributed by atoms with Crippen molar-refractivity contribution in [1.82, 2.24) is 0 Å². The predicted molar refractivity (Wildman–Crippen MR) is 73.3 cm³/mol. The van der Waals surface area contributed by atoms with Gasteiger partial charge in [0.1, 0.15) is 6.61 Å². The van der Waals surface area contributed by atoms with Gasteiger partial charge in [-0.05, 0) is 35.4 Å². The Bertz CT molecular complexity index is 639. The lowest BCUT2D eigenvalue weighted by Crippen LogP contribution is -2.01. The van der Waals surface area contributed by atoms with Crippen LogP contribution in [-0.2, 0) is 12.5 Å². The summed E-state index contributed by atoms with van der Waals surface area (Å²) in [5, 5.41) is 10.5. The van der Waals surface area contributed by atoms with Crippen LogP contribution in [0.1, 0.15) is 11.1 Å². The van der Waals surface area contributed by atoms with Crippen molar-refractivity contribution in [2.45, 2.75) is 12.5 Å². The smallest absolute Gasteiger partial charge is 0.269 e. The lowest BCUT2D eigenvalue weighted by Gasteiger charge is -2.09. The van der Waals surface area contributed by atoms with Gasteiger partial charge in [0.05, 0.1) is 4.92 Å². The van der Waals surface area contributed by atoms with E-state index < -0.39 is 22.3 Å². The zero-order valence-corrected chi connectivity index (χ0v) is 11.4. The minimum atomic E-state index is -0.840. The van der Waals surface area contributed by atoms with Crippen LogP contribution in [0.5, 0.6) is 5.75 Å². The van der Waals surface area contributed by atoms with Gasteiger partial charge in [-0.3, -0.25) is 10.1 Å². The van der Waals surface area contributed by atoms with Crippen LogP contribution >= 0.6 is 11.6 Å². The van der Waals surface area contributed by atoms with Gasteiger partial charge in [-0.15, -0.1) is 11.6 Å². The van der Waals surface area contributed by atoms with Gasteiger partial charge < -0.3 is 4.74 Å². The molecular weight excluding hydrogens is 304 g/mol. The monoisotopic (exact) mass is 313 g/mol. The number of nitro benzene ring substituents is 1. The maximum Gasteiger partial charge on any atom is 0.269 e. The molecule has 0 radical (unpaired) electrons. The van der Waals surface area contributed by atoms with Crippen molar-refractivity contribution in [1.29, 1.82) is 0 Å². The molecule has 0 aliphatic carbocycles. The van der Waals surface area contributed by atoms with Gasteiger partial charge in [0.25, 0.3) is 5.69 Å². The van der Waals surface area contributed by atoms with E-state index in [1.165, 1.54) is 24.3 Å². The van der Waals surface area contributed by atoms with E-state index in [0.717, 1.165) is 12.1 Å². The van der Waals surface area contributed by atoms with Crippen molar-refractivity contribution in [3.05, 3.63) is 69.3 Å². The van der Waals surface area contributed by atoms with Crippen molar-refractivity contribution < 1.29 is 18.4 Å². The summed E-state index contributed by atoms with van der Waals surface area (Å²) in [7, 11) is 0. The third-order valence-corrected chi connectivity index (χ3v) is 3.05. The van der Waals surface area contributed by atoms with Crippen molar-refractivity contribution in [2.75, 3.05) is 0 Å². The number of nitro groups is 1. The second-order valence-corrected chi connectivity index (χ2v) is 4.50. The van der Waals surface area contributed by atoms with Gasteiger partial charge in [0, 0.05) is 18.0 Å². The SMILES string of the molecule is O=[N+]([O-])c1ccc(COc2c(F)cc(CCl)cc2F)cc1. The molecule has 0 fully saturated rings. The molecule has 0 aliphatic heterocycles. The standard InChI is InChI=1S/C14H10ClF2NO3/c15-7-10-5-12(16)14(13(17)6-10)21-8-9-1-3-11(4-2-9)18(19)20/h1-6H,7-8H2. The van der Waals surface area contributed by atoms with Gasteiger partial charge in [-0.25, -0.2) is 8.78 Å². The van der Waals surface area contributed by atoms with Gasteiger partial charge >= 0.3 is 0 Å². The Kier molecular flexibility index (Phi) is 4.70. The van der Waals surface area contributed by atoms with Crippen molar-refractivity contribution in [2.24, 2.45) is 0 Å². The Hall–Kier alpha value is -2.21. The Morgan fingerprint density at radius 1 is 1.10 bits per heavy atom. The van der Waals surface area contributed by atoms with Crippen LogP contribution in [0.2, 0.25) is 0 Å². The number of nitrogens with zero attached hydrogens (tertiary/aromatic N) is 1. The number of halogens is 3. The molecule has 0 unspecified atom stereocenters. The van der Waals surface area contributed by atoms with Crippen LogP contribution < -0.4 is 4.74 Å². The zero-order valence-electron chi connectivity index (χ0n) is 10.7. The molecule has 0 saturated carbocycles. The van der Waals surface area contributed by atoms with Crippen LogP contribution in [-0.4, -0.2) is 4.92 Å². The first-order valence-electron chi connectivity index (χ1n) is 5.91. The first kappa shape index (κ1) is 15.2. The highest BCUT2D eigenvalue weighted by molar-refractivity contribution is 6.17. The number of benzene rings is 2. The molecule has 0 saturated heterocycles. The Morgan fingerprint density at radius 3 is 2.14 bits per heavy atom.